The van der Waals surface area contributed by atoms with E-state index in [-0.39, 0.29) is 0 Å². The summed E-state index contributed by atoms with van der Waals surface area (Å²) < 4.78 is 7.70. The molecular formula is C10H17BrN2O2Si. The SMILES string of the molecule is C[Si](C)(C)CCOCn1cc(C=O)c(Br)n1. The summed E-state index contributed by atoms with van der Waals surface area (Å²) in [4.78, 5) is 10.6. The summed E-state index contributed by atoms with van der Waals surface area (Å²) in [6.07, 6.45) is 2.45. The summed E-state index contributed by atoms with van der Waals surface area (Å²) in [5.74, 6) is 0. The van der Waals surface area contributed by atoms with Gasteiger partial charge in [-0.3, -0.25) is 4.79 Å². The Bertz CT molecular complexity index is 360. The van der Waals surface area contributed by atoms with Crippen molar-refractivity contribution in [3.05, 3.63) is 16.4 Å². The van der Waals surface area contributed by atoms with Crippen LogP contribution in [0.2, 0.25) is 25.7 Å². The van der Waals surface area contributed by atoms with Crippen LogP contribution >= 0.6 is 15.9 Å². The number of halogens is 1. The summed E-state index contributed by atoms with van der Waals surface area (Å²) in [6, 6.07) is 1.13. The maximum atomic E-state index is 10.6. The van der Waals surface area contributed by atoms with Crippen LogP contribution in [-0.2, 0) is 11.5 Å². The highest BCUT2D eigenvalue weighted by Gasteiger charge is 2.12. The Labute approximate surface area is 105 Å². The third-order valence-corrected chi connectivity index (χ3v) is 4.41. The molecule has 1 aromatic heterocycles. The normalized spacial score (nSPS) is 11.8. The number of ether oxygens (including phenoxy) is 1. The smallest absolute Gasteiger partial charge is 0.154 e. The van der Waals surface area contributed by atoms with Crippen LogP contribution in [0.3, 0.4) is 0 Å². The maximum Gasteiger partial charge on any atom is 0.154 e. The third kappa shape index (κ3) is 4.59. The molecule has 0 saturated heterocycles. The van der Waals surface area contributed by atoms with E-state index in [0.29, 0.717) is 16.9 Å². The highest BCUT2D eigenvalue weighted by Crippen LogP contribution is 2.12. The first kappa shape index (κ1) is 13.6. The van der Waals surface area contributed by atoms with Gasteiger partial charge in [0.05, 0.1) is 5.56 Å². The molecule has 16 heavy (non-hydrogen) atoms. The van der Waals surface area contributed by atoms with E-state index in [0.717, 1.165) is 18.9 Å². The summed E-state index contributed by atoms with van der Waals surface area (Å²) >= 11 is 3.21. The molecule has 0 aliphatic heterocycles. The highest BCUT2D eigenvalue weighted by atomic mass is 79.9. The van der Waals surface area contributed by atoms with Gasteiger partial charge in [-0.05, 0) is 22.0 Å². The Balaban J connectivity index is 2.35. The van der Waals surface area contributed by atoms with Gasteiger partial charge in [-0.15, -0.1) is 0 Å². The van der Waals surface area contributed by atoms with Gasteiger partial charge in [0, 0.05) is 20.9 Å². The standard InChI is InChI=1S/C10H17BrN2O2Si/c1-16(2,3)5-4-15-8-13-6-9(7-14)10(11)12-13/h6-7H,4-5,8H2,1-3H3. The van der Waals surface area contributed by atoms with Gasteiger partial charge in [-0.1, -0.05) is 19.6 Å². The number of aldehydes is 1. The van der Waals surface area contributed by atoms with Crippen molar-refractivity contribution in [1.82, 2.24) is 9.78 Å². The molecule has 90 valence electrons. The second-order valence-corrected chi connectivity index (χ2v) is 11.3. The molecule has 1 rings (SSSR count). The Kier molecular flexibility index (Phi) is 4.88. The second kappa shape index (κ2) is 5.74. The van der Waals surface area contributed by atoms with E-state index in [4.69, 9.17) is 4.74 Å². The lowest BCUT2D eigenvalue weighted by Gasteiger charge is -2.15. The summed E-state index contributed by atoms with van der Waals surface area (Å²) in [7, 11) is -1.03. The number of hydrogen-bond donors (Lipinski definition) is 0. The molecule has 4 nitrogen and oxygen atoms in total. The van der Waals surface area contributed by atoms with Crippen molar-refractivity contribution in [1.29, 1.82) is 0 Å². The van der Waals surface area contributed by atoms with Crippen LogP contribution in [0.15, 0.2) is 10.8 Å². The monoisotopic (exact) mass is 304 g/mol. The molecule has 1 aromatic rings. The Hall–Kier alpha value is -0.463. The molecule has 0 spiro atoms. The first-order valence-corrected chi connectivity index (χ1v) is 9.68. The van der Waals surface area contributed by atoms with Crippen LogP contribution in [0.5, 0.6) is 0 Å². The number of hydrogen-bond acceptors (Lipinski definition) is 3. The maximum absolute atomic E-state index is 10.6. The van der Waals surface area contributed by atoms with Crippen LogP contribution in [0.25, 0.3) is 0 Å². The van der Waals surface area contributed by atoms with Gasteiger partial charge >= 0.3 is 0 Å². The van der Waals surface area contributed by atoms with Crippen molar-refractivity contribution in [2.24, 2.45) is 0 Å². The summed E-state index contributed by atoms with van der Waals surface area (Å²) in [6.45, 7) is 8.09. The van der Waals surface area contributed by atoms with Gasteiger partial charge in [0.15, 0.2) is 6.29 Å². The first-order chi connectivity index (χ1) is 7.42. The molecule has 0 aromatic carbocycles. The van der Waals surface area contributed by atoms with Gasteiger partial charge in [-0.2, -0.15) is 5.10 Å². The zero-order valence-corrected chi connectivity index (χ0v) is 12.5. The molecule has 0 saturated carbocycles. The molecule has 0 atom stereocenters. The predicted octanol–water partition coefficient (Wildman–Crippen LogP) is 2.77. The number of carbonyl (C=O) groups is 1. The van der Waals surface area contributed by atoms with E-state index in [1.54, 1.807) is 10.9 Å². The van der Waals surface area contributed by atoms with Crippen molar-refractivity contribution < 1.29 is 9.53 Å². The molecule has 0 aliphatic rings. The molecule has 0 amide bonds. The van der Waals surface area contributed by atoms with Crippen LogP contribution in [0.4, 0.5) is 0 Å². The van der Waals surface area contributed by atoms with Crippen molar-refractivity contribution in [3.63, 3.8) is 0 Å². The van der Waals surface area contributed by atoms with Crippen LogP contribution in [-0.4, -0.2) is 30.7 Å². The fourth-order valence-corrected chi connectivity index (χ4v) is 2.25. The van der Waals surface area contributed by atoms with E-state index in [9.17, 15) is 4.79 Å². The van der Waals surface area contributed by atoms with Gasteiger partial charge in [0.1, 0.15) is 11.3 Å². The van der Waals surface area contributed by atoms with Crippen LogP contribution in [0, 0.1) is 0 Å². The minimum absolute atomic E-state index is 0.400. The molecule has 0 N–H and O–H groups in total. The number of nitrogens with zero attached hydrogens (tertiary/aromatic N) is 2. The largest absolute Gasteiger partial charge is 0.360 e. The molecular weight excluding hydrogens is 288 g/mol. The Morgan fingerprint density at radius 2 is 2.25 bits per heavy atom. The van der Waals surface area contributed by atoms with Crippen molar-refractivity contribution in [2.45, 2.75) is 32.4 Å². The molecule has 6 heteroatoms. The van der Waals surface area contributed by atoms with Crippen molar-refractivity contribution in [3.8, 4) is 0 Å². The molecule has 1 heterocycles. The first-order valence-electron chi connectivity index (χ1n) is 5.18. The van der Waals surface area contributed by atoms with Crippen LogP contribution < -0.4 is 0 Å². The summed E-state index contributed by atoms with van der Waals surface area (Å²) in [5, 5.41) is 4.10. The zero-order chi connectivity index (χ0) is 12.2. The van der Waals surface area contributed by atoms with E-state index in [1.807, 2.05) is 0 Å². The van der Waals surface area contributed by atoms with E-state index >= 15 is 0 Å². The lowest BCUT2D eigenvalue weighted by Crippen LogP contribution is -2.22. The van der Waals surface area contributed by atoms with Gasteiger partial charge < -0.3 is 4.74 Å². The van der Waals surface area contributed by atoms with Gasteiger partial charge in [0.25, 0.3) is 0 Å². The lowest BCUT2D eigenvalue weighted by molar-refractivity contribution is 0.0783. The average Bonchev–Trinajstić information content (AvgIpc) is 2.52. The topological polar surface area (TPSA) is 44.1 Å². The van der Waals surface area contributed by atoms with Crippen LogP contribution in [0.1, 0.15) is 10.4 Å². The predicted molar refractivity (Wildman–Crippen MR) is 69.4 cm³/mol. The van der Waals surface area contributed by atoms with Crippen molar-refractivity contribution >= 4 is 30.3 Å². The highest BCUT2D eigenvalue weighted by molar-refractivity contribution is 9.10. The molecule has 0 bridgehead atoms. The lowest BCUT2D eigenvalue weighted by atomic mass is 10.4. The minimum Gasteiger partial charge on any atom is -0.360 e. The third-order valence-electron chi connectivity index (χ3n) is 2.09. The van der Waals surface area contributed by atoms with E-state index in [1.165, 1.54) is 0 Å². The Morgan fingerprint density at radius 3 is 2.75 bits per heavy atom. The van der Waals surface area contributed by atoms with Gasteiger partial charge in [0.2, 0.25) is 0 Å². The van der Waals surface area contributed by atoms with E-state index in [2.05, 4.69) is 40.7 Å². The fourth-order valence-electron chi connectivity index (χ4n) is 1.09. The number of rotatable bonds is 6. The number of carbonyl (C=O) groups excluding carboxylic acids is 1. The zero-order valence-electron chi connectivity index (χ0n) is 9.86. The molecule has 0 aliphatic carbocycles. The number of aromatic nitrogens is 2. The van der Waals surface area contributed by atoms with Gasteiger partial charge in [-0.25, -0.2) is 4.68 Å². The molecule has 0 unspecified atom stereocenters. The molecule has 0 fully saturated rings. The summed E-state index contributed by atoms with van der Waals surface area (Å²) in [5.41, 5.74) is 0.550. The molecule has 0 radical (unpaired) electrons. The second-order valence-electron chi connectivity index (χ2n) is 4.88. The quantitative estimate of drug-likeness (QED) is 0.461. The fraction of sp³-hybridized carbons (Fsp3) is 0.600. The van der Waals surface area contributed by atoms with E-state index < -0.39 is 8.07 Å². The van der Waals surface area contributed by atoms with Crippen molar-refractivity contribution in [2.75, 3.05) is 6.61 Å². The Morgan fingerprint density at radius 1 is 1.56 bits per heavy atom. The average molecular weight is 305 g/mol. The minimum atomic E-state index is -1.03.